The maximum Gasteiger partial charge on any atom is 0.573 e. The van der Waals surface area contributed by atoms with Gasteiger partial charge in [0.25, 0.3) is 0 Å². The number of nitrogens with one attached hydrogen (secondary N) is 1. The molecule has 6 nitrogen and oxygen atoms in total. The lowest BCUT2D eigenvalue weighted by Crippen LogP contribution is -2.29. The Labute approximate surface area is 154 Å². The molecule has 1 aromatic carbocycles. The highest BCUT2D eigenvalue weighted by molar-refractivity contribution is 5.79. The van der Waals surface area contributed by atoms with Gasteiger partial charge in [0.05, 0.1) is 12.2 Å². The molecule has 1 aromatic heterocycles. The second kappa shape index (κ2) is 7.59. The van der Waals surface area contributed by atoms with Crippen LogP contribution in [0.3, 0.4) is 0 Å². The Hall–Kier alpha value is -2.55. The van der Waals surface area contributed by atoms with Crippen LogP contribution in [0.4, 0.5) is 13.2 Å². The number of para-hydroxylation sites is 1. The quantitative estimate of drug-likeness (QED) is 0.835. The fraction of sp³-hybridized carbons (Fsp3) is 0.444. The van der Waals surface area contributed by atoms with E-state index in [1.807, 2.05) is 13.2 Å². The van der Waals surface area contributed by atoms with E-state index in [4.69, 9.17) is 0 Å². The van der Waals surface area contributed by atoms with E-state index in [0.29, 0.717) is 18.5 Å². The number of amides is 1. The van der Waals surface area contributed by atoms with Crippen molar-refractivity contribution in [3.05, 3.63) is 47.8 Å². The van der Waals surface area contributed by atoms with Gasteiger partial charge in [0.2, 0.25) is 5.91 Å². The third kappa shape index (κ3) is 4.60. The van der Waals surface area contributed by atoms with Gasteiger partial charge < -0.3 is 15.0 Å². The van der Waals surface area contributed by atoms with Gasteiger partial charge in [-0.25, -0.2) is 0 Å². The van der Waals surface area contributed by atoms with Crippen LogP contribution in [0.15, 0.2) is 36.7 Å². The lowest BCUT2D eigenvalue weighted by Gasteiger charge is -2.24. The van der Waals surface area contributed by atoms with Crippen molar-refractivity contribution >= 4 is 5.91 Å². The predicted molar refractivity (Wildman–Crippen MR) is 91.7 cm³/mol. The summed E-state index contributed by atoms with van der Waals surface area (Å²) in [4.78, 5) is 13.8. The topological polar surface area (TPSA) is 59.4 Å². The fourth-order valence-corrected chi connectivity index (χ4v) is 3.49. The highest BCUT2D eigenvalue weighted by atomic mass is 19.4. The van der Waals surface area contributed by atoms with Crippen molar-refractivity contribution in [1.82, 2.24) is 20.0 Å². The number of ether oxygens (including phenoxy) is 1. The first-order valence-corrected chi connectivity index (χ1v) is 8.53. The molecule has 9 heteroatoms. The van der Waals surface area contributed by atoms with Crippen LogP contribution in [0.1, 0.15) is 23.6 Å². The van der Waals surface area contributed by atoms with Gasteiger partial charge in [-0.05, 0) is 6.07 Å². The van der Waals surface area contributed by atoms with E-state index in [1.54, 1.807) is 35.0 Å². The molecule has 1 N–H and O–H groups in total. The minimum absolute atomic E-state index is 0.00222. The molecule has 0 bridgehead atoms. The SMILES string of the molecule is CN1C(=O)C[C@@H](CNCc2ccccc2OC(F)(F)F)[C@@H]1c1cnn(C)c1. The maximum absolute atomic E-state index is 12.5. The van der Waals surface area contributed by atoms with Gasteiger partial charge in [-0.1, -0.05) is 18.2 Å². The summed E-state index contributed by atoms with van der Waals surface area (Å²) < 4.78 is 43.3. The minimum atomic E-state index is -4.73. The molecule has 1 fully saturated rings. The van der Waals surface area contributed by atoms with Crippen molar-refractivity contribution in [2.75, 3.05) is 13.6 Å². The van der Waals surface area contributed by atoms with Gasteiger partial charge in [0.15, 0.2) is 0 Å². The lowest BCUT2D eigenvalue weighted by atomic mass is 9.95. The number of halogens is 3. The van der Waals surface area contributed by atoms with Crippen molar-refractivity contribution in [2.45, 2.75) is 25.4 Å². The first-order valence-electron chi connectivity index (χ1n) is 8.53. The Bertz CT molecular complexity index is 806. The Kier molecular flexibility index (Phi) is 5.41. The maximum atomic E-state index is 12.5. The molecule has 2 aromatic rings. The molecule has 3 rings (SSSR count). The summed E-state index contributed by atoms with van der Waals surface area (Å²) in [6.07, 6.45) is -0.746. The number of alkyl halides is 3. The molecule has 27 heavy (non-hydrogen) atoms. The van der Waals surface area contributed by atoms with E-state index in [2.05, 4.69) is 15.2 Å². The van der Waals surface area contributed by atoms with Gasteiger partial charge in [0.1, 0.15) is 5.75 Å². The van der Waals surface area contributed by atoms with Crippen LogP contribution in [-0.2, 0) is 18.4 Å². The molecule has 0 unspecified atom stereocenters. The molecular weight excluding hydrogens is 361 g/mol. The van der Waals surface area contributed by atoms with E-state index < -0.39 is 6.36 Å². The molecule has 2 heterocycles. The van der Waals surface area contributed by atoms with Gasteiger partial charge >= 0.3 is 6.36 Å². The van der Waals surface area contributed by atoms with Crippen LogP contribution >= 0.6 is 0 Å². The van der Waals surface area contributed by atoms with Crippen molar-refractivity contribution in [1.29, 1.82) is 0 Å². The number of nitrogens with zero attached hydrogens (tertiary/aromatic N) is 3. The number of carbonyl (C=O) groups is 1. The molecule has 0 saturated carbocycles. The minimum Gasteiger partial charge on any atom is -0.405 e. The van der Waals surface area contributed by atoms with E-state index in [1.165, 1.54) is 12.1 Å². The van der Waals surface area contributed by atoms with Crippen molar-refractivity contribution < 1.29 is 22.7 Å². The van der Waals surface area contributed by atoms with Crippen molar-refractivity contribution in [3.63, 3.8) is 0 Å². The third-order valence-electron chi connectivity index (χ3n) is 4.68. The van der Waals surface area contributed by atoms with E-state index in [9.17, 15) is 18.0 Å². The monoisotopic (exact) mass is 382 g/mol. The summed E-state index contributed by atoms with van der Waals surface area (Å²) in [5, 5.41) is 7.33. The number of carbonyl (C=O) groups excluding carboxylic acids is 1. The Morgan fingerprint density at radius 1 is 1.30 bits per heavy atom. The summed E-state index contributed by atoms with van der Waals surface area (Å²) in [5.41, 5.74) is 1.35. The molecular formula is C18H21F3N4O2. The van der Waals surface area contributed by atoms with Gasteiger partial charge in [0, 0.05) is 56.8 Å². The molecule has 0 radical (unpaired) electrons. The van der Waals surface area contributed by atoms with E-state index in [0.717, 1.165) is 5.56 Å². The highest BCUT2D eigenvalue weighted by Gasteiger charge is 2.38. The van der Waals surface area contributed by atoms with Crippen LogP contribution in [0, 0.1) is 5.92 Å². The number of rotatable bonds is 6. The summed E-state index contributed by atoms with van der Waals surface area (Å²) in [5.74, 6) is -0.181. The molecule has 1 aliphatic rings. The zero-order chi connectivity index (χ0) is 19.6. The fourth-order valence-electron chi connectivity index (χ4n) is 3.49. The summed E-state index contributed by atoms with van der Waals surface area (Å²) in [6.45, 7) is 0.691. The highest BCUT2D eigenvalue weighted by Crippen LogP contribution is 2.36. The van der Waals surface area contributed by atoms with Crippen molar-refractivity contribution in [3.8, 4) is 5.75 Å². The van der Waals surface area contributed by atoms with E-state index >= 15 is 0 Å². The molecule has 0 spiro atoms. The Morgan fingerprint density at radius 3 is 2.70 bits per heavy atom. The summed E-state index contributed by atoms with van der Waals surface area (Å²) in [7, 11) is 3.57. The normalized spacial score (nSPS) is 20.3. The van der Waals surface area contributed by atoms with Crippen LogP contribution in [0.2, 0.25) is 0 Å². The number of hydrogen-bond donors (Lipinski definition) is 1. The largest absolute Gasteiger partial charge is 0.573 e. The lowest BCUT2D eigenvalue weighted by molar-refractivity contribution is -0.274. The average Bonchev–Trinajstić information content (AvgIpc) is 3.11. The van der Waals surface area contributed by atoms with Crippen LogP contribution in [0.5, 0.6) is 5.75 Å². The molecule has 1 saturated heterocycles. The number of benzene rings is 1. The molecule has 1 aliphatic heterocycles. The van der Waals surface area contributed by atoms with Gasteiger partial charge in [-0.3, -0.25) is 9.48 Å². The van der Waals surface area contributed by atoms with Gasteiger partial charge in [-0.2, -0.15) is 5.10 Å². The zero-order valence-corrected chi connectivity index (χ0v) is 15.0. The molecule has 146 valence electrons. The van der Waals surface area contributed by atoms with Crippen molar-refractivity contribution in [2.24, 2.45) is 13.0 Å². The number of aromatic nitrogens is 2. The predicted octanol–water partition coefficient (Wildman–Crippen LogP) is 2.63. The first-order chi connectivity index (χ1) is 12.7. The summed E-state index contributed by atoms with van der Waals surface area (Å²) in [6, 6.07) is 5.91. The average molecular weight is 382 g/mol. The molecule has 2 atom stereocenters. The second-order valence-electron chi connectivity index (χ2n) is 6.65. The van der Waals surface area contributed by atoms with Crippen LogP contribution in [0.25, 0.3) is 0 Å². The number of aryl methyl sites for hydroxylation is 1. The van der Waals surface area contributed by atoms with Gasteiger partial charge in [-0.15, -0.1) is 13.2 Å². The van der Waals surface area contributed by atoms with Crippen LogP contribution in [-0.4, -0.2) is 40.5 Å². The first kappa shape index (κ1) is 19.2. The molecule has 0 aliphatic carbocycles. The number of hydrogen-bond acceptors (Lipinski definition) is 4. The summed E-state index contributed by atoms with van der Waals surface area (Å²) >= 11 is 0. The Morgan fingerprint density at radius 2 is 2.04 bits per heavy atom. The number of likely N-dealkylation sites (tertiary alicyclic amines) is 1. The smallest absolute Gasteiger partial charge is 0.405 e. The molecule has 1 amide bonds. The van der Waals surface area contributed by atoms with E-state index in [-0.39, 0.29) is 30.2 Å². The third-order valence-corrected chi connectivity index (χ3v) is 4.68. The second-order valence-corrected chi connectivity index (χ2v) is 6.65. The van der Waals surface area contributed by atoms with Crippen LogP contribution < -0.4 is 10.1 Å². The standard InChI is InChI=1S/C18H21F3N4O2/c1-24-11-14(10-23-24)17-13(7-16(26)25(17)2)9-22-8-12-5-3-4-6-15(12)27-18(19,20)21/h3-6,10-11,13,17,22H,7-9H2,1-2H3/t13-,17+/m0/s1. The zero-order valence-electron chi connectivity index (χ0n) is 15.0. The Balaban J connectivity index is 1.65.